The second-order valence-electron chi connectivity index (χ2n) is 11.2. The molecule has 0 spiro atoms. The van der Waals surface area contributed by atoms with Gasteiger partial charge in [0.15, 0.2) is 0 Å². The van der Waals surface area contributed by atoms with E-state index in [0.717, 1.165) is 5.56 Å². The summed E-state index contributed by atoms with van der Waals surface area (Å²) < 4.78 is 6.82. The summed E-state index contributed by atoms with van der Waals surface area (Å²) in [6.07, 6.45) is 7.14. The van der Waals surface area contributed by atoms with Crippen molar-refractivity contribution in [2.75, 3.05) is 0 Å². The van der Waals surface area contributed by atoms with Crippen molar-refractivity contribution in [1.82, 2.24) is 36.2 Å². The van der Waals surface area contributed by atoms with Gasteiger partial charge in [0.25, 0.3) is 0 Å². The van der Waals surface area contributed by atoms with Crippen molar-refractivity contribution in [3.63, 3.8) is 0 Å². The van der Waals surface area contributed by atoms with Crippen molar-refractivity contribution in [2.24, 2.45) is 0 Å². The van der Waals surface area contributed by atoms with Gasteiger partial charge in [0, 0.05) is 35.2 Å². The van der Waals surface area contributed by atoms with Gasteiger partial charge in [-0.2, -0.15) is 4.68 Å². The van der Waals surface area contributed by atoms with Crippen LogP contribution in [0.25, 0.3) is 11.8 Å². The van der Waals surface area contributed by atoms with Gasteiger partial charge in [0.05, 0.1) is 5.69 Å². The highest BCUT2D eigenvalue weighted by atomic mass is 35.5. The number of nitrogens with zero attached hydrogens (tertiary/aromatic N) is 4. The molecule has 1 aliphatic rings. The molecule has 1 unspecified atom stereocenters. The summed E-state index contributed by atoms with van der Waals surface area (Å²) >= 11 is 6.19. The predicted octanol–water partition coefficient (Wildman–Crippen LogP) is 4.01. The van der Waals surface area contributed by atoms with Crippen LogP contribution in [-0.4, -0.2) is 61.8 Å². The van der Waals surface area contributed by atoms with E-state index < -0.39 is 23.6 Å². The second-order valence-corrected chi connectivity index (χ2v) is 11.7. The van der Waals surface area contributed by atoms with Crippen molar-refractivity contribution in [3.05, 3.63) is 77.1 Å². The Labute approximate surface area is 250 Å². The molecule has 3 N–H and O–H groups in total. The molecule has 3 amide bonds. The van der Waals surface area contributed by atoms with Gasteiger partial charge in [-0.25, -0.2) is 4.79 Å². The number of carbonyl (C=O) groups excluding carboxylic acids is 3. The fraction of sp³-hybridized carbons (Fsp3) is 0.400. The highest BCUT2D eigenvalue weighted by molar-refractivity contribution is 6.30. The Kier molecular flexibility index (Phi) is 10.3. The van der Waals surface area contributed by atoms with Gasteiger partial charge in [-0.15, -0.1) is 5.10 Å². The van der Waals surface area contributed by atoms with Gasteiger partial charge in [-0.1, -0.05) is 41.9 Å². The highest BCUT2D eigenvalue weighted by Crippen LogP contribution is 2.21. The third-order valence-electron chi connectivity index (χ3n) is 6.71. The largest absolute Gasteiger partial charge is 0.444 e. The summed E-state index contributed by atoms with van der Waals surface area (Å²) in [5.41, 5.74) is 1.63. The first kappa shape index (κ1) is 30.7. The Morgan fingerprint density at radius 1 is 1.05 bits per heavy atom. The number of hydrogen-bond acceptors (Lipinski definition) is 7. The van der Waals surface area contributed by atoms with E-state index in [2.05, 4.69) is 31.5 Å². The van der Waals surface area contributed by atoms with Crippen LogP contribution in [-0.2, 0) is 20.7 Å². The molecule has 1 fully saturated rings. The number of hydrogen-bond donors (Lipinski definition) is 3. The second kappa shape index (κ2) is 14.1. The number of halogens is 1. The molecular formula is C30H36ClN7O4. The zero-order valence-corrected chi connectivity index (χ0v) is 24.7. The van der Waals surface area contributed by atoms with Crippen molar-refractivity contribution in [1.29, 1.82) is 0 Å². The van der Waals surface area contributed by atoms with Gasteiger partial charge >= 0.3 is 6.09 Å². The van der Waals surface area contributed by atoms with Gasteiger partial charge in [-0.05, 0) is 86.7 Å². The summed E-state index contributed by atoms with van der Waals surface area (Å²) in [6, 6.07) is 13.8. The maximum Gasteiger partial charge on any atom is 0.407 e. The van der Waals surface area contributed by atoms with E-state index in [9.17, 15) is 14.4 Å². The molecule has 3 aromatic rings. The average Bonchev–Trinajstić information content (AvgIpc) is 3.47. The van der Waals surface area contributed by atoms with Crippen molar-refractivity contribution in [2.45, 2.75) is 76.6 Å². The first-order valence-corrected chi connectivity index (χ1v) is 14.3. The van der Waals surface area contributed by atoms with Crippen LogP contribution in [0, 0.1) is 0 Å². The third-order valence-corrected chi connectivity index (χ3v) is 6.94. The van der Waals surface area contributed by atoms with Crippen LogP contribution in [0.3, 0.4) is 0 Å². The quantitative estimate of drug-likeness (QED) is 0.318. The van der Waals surface area contributed by atoms with Gasteiger partial charge in [-0.3, -0.25) is 9.59 Å². The van der Waals surface area contributed by atoms with E-state index in [0.29, 0.717) is 48.4 Å². The Hall–Kier alpha value is -4.25. The van der Waals surface area contributed by atoms with E-state index in [1.54, 1.807) is 24.3 Å². The summed E-state index contributed by atoms with van der Waals surface area (Å²) in [7, 11) is 0. The summed E-state index contributed by atoms with van der Waals surface area (Å²) in [5, 5.41) is 20.6. The molecule has 0 bridgehead atoms. The molecule has 11 nitrogen and oxygen atoms in total. The SMILES string of the molecule is CC(C)(C)OC(=O)NC1CCC(NC(=O)C(Cc2ccccc2)NC(=O)C=Cc2cc(Cl)ccc2-n2cnnn2)CC1. The summed E-state index contributed by atoms with van der Waals surface area (Å²) in [5.74, 6) is -0.694. The van der Waals surface area contributed by atoms with E-state index in [4.69, 9.17) is 16.3 Å². The Bertz CT molecular complexity index is 1380. The average molecular weight is 594 g/mol. The molecule has 4 rings (SSSR count). The fourth-order valence-corrected chi connectivity index (χ4v) is 4.92. The number of tetrazole rings is 1. The molecule has 1 aliphatic carbocycles. The lowest BCUT2D eigenvalue weighted by Crippen LogP contribution is -2.52. The fourth-order valence-electron chi connectivity index (χ4n) is 4.74. The maximum atomic E-state index is 13.4. The lowest BCUT2D eigenvalue weighted by atomic mass is 9.91. The smallest absolute Gasteiger partial charge is 0.407 e. The lowest BCUT2D eigenvalue weighted by molar-refractivity contribution is -0.127. The topological polar surface area (TPSA) is 140 Å². The molecule has 42 heavy (non-hydrogen) atoms. The van der Waals surface area contributed by atoms with Crippen molar-refractivity contribution >= 4 is 35.6 Å². The van der Waals surface area contributed by atoms with E-state index >= 15 is 0 Å². The number of aromatic nitrogens is 4. The molecule has 1 atom stereocenters. The zero-order valence-electron chi connectivity index (χ0n) is 23.9. The molecule has 1 heterocycles. The van der Waals surface area contributed by atoms with E-state index in [1.165, 1.54) is 17.1 Å². The van der Waals surface area contributed by atoms with E-state index in [-0.39, 0.29) is 18.0 Å². The molecule has 12 heteroatoms. The Morgan fingerprint density at radius 3 is 2.38 bits per heavy atom. The molecule has 2 aromatic carbocycles. The van der Waals surface area contributed by atoms with Gasteiger partial charge < -0.3 is 20.7 Å². The first-order chi connectivity index (χ1) is 20.1. The molecular weight excluding hydrogens is 558 g/mol. The van der Waals surface area contributed by atoms with Gasteiger partial charge in [0.1, 0.15) is 18.0 Å². The predicted molar refractivity (Wildman–Crippen MR) is 159 cm³/mol. The van der Waals surface area contributed by atoms with Crippen molar-refractivity contribution in [3.8, 4) is 5.69 Å². The normalized spacial score (nSPS) is 17.8. The number of ether oxygens (including phenoxy) is 1. The number of nitrogens with one attached hydrogen (secondary N) is 3. The van der Waals surface area contributed by atoms with Crippen LogP contribution >= 0.6 is 11.6 Å². The molecule has 0 radical (unpaired) electrons. The molecule has 0 aliphatic heterocycles. The van der Waals surface area contributed by atoms with Crippen molar-refractivity contribution < 1.29 is 19.1 Å². The summed E-state index contributed by atoms with van der Waals surface area (Å²) in [4.78, 5) is 38.6. The molecule has 0 saturated heterocycles. The third kappa shape index (κ3) is 9.41. The van der Waals surface area contributed by atoms with Crippen LogP contribution in [0.5, 0.6) is 0 Å². The number of amides is 3. The highest BCUT2D eigenvalue weighted by Gasteiger charge is 2.28. The van der Waals surface area contributed by atoms with Crippen LogP contribution in [0.2, 0.25) is 5.02 Å². The van der Waals surface area contributed by atoms with E-state index in [1.807, 2.05) is 51.1 Å². The number of benzene rings is 2. The summed E-state index contributed by atoms with van der Waals surface area (Å²) in [6.45, 7) is 5.47. The minimum absolute atomic E-state index is 0.0114. The number of rotatable bonds is 9. The van der Waals surface area contributed by atoms with Crippen LogP contribution in [0.4, 0.5) is 4.79 Å². The monoisotopic (exact) mass is 593 g/mol. The molecule has 1 aromatic heterocycles. The minimum atomic E-state index is -0.791. The number of alkyl carbamates (subject to hydrolysis) is 1. The van der Waals surface area contributed by atoms with Crippen LogP contribution in [0.1, 0.15) is 57.6 Å². The first-order valence-electron chi connectivity index (χ1n) is 13.9. The number of carbonyl (C=O) groups is 3. The van der Waals surface area contributed by atoms with Crippen LogP contribution < -0.4 is 16.0 Å². The van der Waals surface area contributed by atoms with Crippen LogP contribution in [0.15, 0.2) is 60.9 Å². The zero-order chi connectivity index (χ0) is 30.1. The Balaban J connectivity index is 1.38. The Morgan fingerprint density at radius 2 is 1.74 bits per heavy atom. The molecule has 1 saturated carbocycles. The standard InChI is InChI=1S/C30H36ClN7O4/c1-30(2,3)42-29(41)34-24-13-11-23(12-14-24)33-28(40)25(17-20-7-5-4-6-8-20)35-27(39)16-9-21-18-22(31)10-15-26(21)38-19-32-36-37-38/h4-10,15-16,18-19,23-25H,11-14,17H2,1-3H3,(H,33,40)(H,34,41)(H,35,39). The lowest BCUT2D eigenvalue weighted by Gasteiger charge is -2.31. The van der Waals surface area contributed by atoms with Gasteiger partial charge in [0.2, 0.25) is 11.8 Å². The molecule has 222 valence electrons. The minimum Gasteiger partial charge on any atom is -0.444 e. The maximum absolute atomic E-state index is 13.4.